The molecular weight excluding hydrogens is 580 g/mol. The van der Waals surface area contributed by atoms with Crippen molar-refractivity contribution in [2.45, 2.75) is 128 Å². The molecule has 0 aliphatic carbocycles. The second-order valence-electron chi connectivity index (χ2n) is 11.0. The van der Waals surface area contributed by atoms with E-state index in [-0.39, 0.29) is 26.1 Å². The summed E-state index contributed by atoms with van der Waals surface area (Å²) in [5.74, 6) is -0.911. The van der Waals surface area contributed by atoms with Gasteiger partial charge in [-0.25, -0.2) is 0 Å². The number of hydrogen-bond donors (Lipinski definition) is 4. The van der Waals surface area contributed by atoms with Crippen LogP contribution in [0.2, 0.25) is 0 Å². The molecule has 45 heavy (non-hydrogen) atoms. The normalized spacial score (nSPS) is 23.2. The zero-order valence-electron chi connectivity index (χ0n) is 27.1. The smallest absolute Gasteiger partial charge is 0.306 e. The van der Waals surface area contributed by atoms with Crippen LogP contribution >= 0.6 is 0 Å². The number of ether oxygens (including phenoxy) is 4. The molecule has 0 bridgehead atoms. The summed E-state index contributed by atoms with van der Waals surface area (Å²) in [6.07, 6.45) is 21.3. The van der Waals surface area contributed by atoms with Gasteiger partial charge in [-0.3, -0.25) is 9.59 Å². The first-order chi connectivity index (χ1) is 21.8. The second kappa shape index (κ2) is 26.6. The lowest BCUT2D eigenvalue weighted by atomic mass is 9.99. The van der Waals surface area contributed by atoms with Gasteiger partial charge in [0.05, 0.1) is 13.2 Å². The van der Waals surface area contributed by atoms with E-state index >= 15 is 0 Å². The lowest BCUT2D eigenvalue weighted by Crippen LogP contribution is -2.59. The van der Waals surface area contributed by atoms with Gasteiger partial charge < -0.3 is 39.4 Å². The van der Waals surface area contributed by atoms with Crippen molar-refractivity contribution < 1.29 is 49.0 Å². The maximum atomic E-state index is 12.6. The predicted molar refractivity (Wildman–Crippen MR) is 173 cm³/mol. The van der Waals surface area contributed by atoms with E-state index in [1.165, 1.54) is 19.3 Å². The molecule has 0 aromatic rings. The van der Waals surface area contributed by atoms with Gasteiger partial charge >= 0.3 is 11.9 Å². The fourth-order valence-electron chi connectivity index (χ4n) is 4.39. The summed E-state index contributed by atoms with van der Waals surface area (Å²) < 4.78 is 21.8. The maximum absolute atomic E-state index is 12.6. The lowest BCUT2D eigenvalue weighted by molar-refractivity contribution is -0.305. The minimum Gasteiger partial charge on any atom is -0.462 e. The molecule has 256 valence electrons. The fourth-order valence-corrected chi connectivity index (χ4v) is 4.39. The van der Waals surface area contributed by atoms with Crippen LogP contribution in [0.15, 0.2) is 60.8 Å². The number of aliphatic hydroxyl groups excluding tert-OH is 4. The summed E-state index contributed by atoms with van der Waals surface area (Å²) in [6, 6.07) is 0. The van der Waals surface area contributed by atoms with Crippen LogP contribution in [0.4, 0.5) is 0 Å². The monoisotopic (exact) mass is 636 g/mol. The average molecular weight is 637 g/mol. The molecule has 0 aromatic heterocycles. The van der Waals surface area contributed by atoms with Crippen molar-refractivity contribution >= 4 is 11.9 Å². The van der Waals surface area contributed by atoms with Gasteiger partial charge in [-0.1, -0.05) is 113 Å². The Kier molecular flexibility index (Phi) is 23.9. The molecule has 1 rings (SSSR count). The standard InChI is InChI=1S/C35H56O10/c1-3-5-7-9-11-12-13-14-15-16-18-20-22-24-31(38)44-28(26-42-30(37)23-21-19-17-10-8-6-4-2)27-43-35-34(41)33(40)32(39)29(25-36)45-35/h5,7,9,11-16,18,28-29,32-36,39-41H,3-4,6,8,10,17,19-27H2,1-2H3/b7-5+,11-9+,13-12+,15-14+,18-16+/t28?,29-,32+,33?,34?,35-/m0/s1. The first kappa shape index (κ1) is 40.4. The van der Waals surface area contributed by atoms with E-state index in [0.717, 1.165) is 25.7 Å². The fraction of sp³-hybridized carbons (Fsp3) is 0.657. The summed E-state index contributed by atoms with van der Waals surface area (Å²) in [7, 11) is 0. The number of rotatable bonds is 24. The molecule has 0 aromatic carbocycles. The molecule has 10 nitrogen and oxygen atoms in total. The molecule has 1 aliphatic rings. The molecule has 0 radical (unpaired) electrons. The van der Waals surface area contributed by atoms with Gasteiger partial charge in [0.25, 0.3) is 0 Å². The van der Waals surface area contributed by atoms with Crippen LogP contribution in [0.1, 0.15) is 90.9 Å². The zero-order chi connectivity index (χ0) is 33.1. The number of aliphatic hydroxyl groups is 4. The van der Waals surface area contributed by atoms with Gasteiger partial charge in [0, 0.05) is 12.8 Å². The van der Waals surface area contributed by atoms with Crippen LogP contribution in [0.25, 0.3) is 0 Å². The maximum Gasteiger partial charge on any atom is 0.306 e. The minimum absolute atomic E-state index is 0.132. The van der Waals surface area contributed by atoms with Crippen molar-refractivity contribution in [2.75, 3.05) is 19.8 Å². The van der Waals surface area contributed by atoms with Gasteiger partial charge in [0.15, 0.2) is 12.4 Å². The van der Waals surface area contributed by atoms with Crippen LogP contribution in [0.5, 0.6) is 0 Å². The van der Waals surface area contributed by atoms with Crippen LogP contribution in [0.3, 0.4) is 0 Å². The van der Waals surface area contributed by atoms with Gasteiger partial charge in [0.2, 0.25) is 0 Å². The van der Waals surface area contributed by atoms with Crippen molar-refractivity contribution in [1.29, 1.82) is 0 Å². The largest absolute Gasteiger partial charge is 0.462 e. The van der Waals surface area contributed by atoms with E-state index in [4.69, 9.17) is 18.9 Å². The van der Waals surface area contributed by atoms with Gasteiger partial charge in [-0.2, -0.15) is 0 Å². The van der Waals surface area contributed by atoms with Gasteiger partial charge in [0.1, 0.15) is 31.0 Å². The molecular formula is C35H56O10. The molecule has 0 saturated carbocycles. The van der Waals surface area contributed by atoms with Crippen molar-refractivity contribution in [3.63, 3.8) is 0 Å². The summed E-state index contributed by atoms with van der Waals surface area (Å²) in [5.41, 5.74) is 0. The van der Waals surface area contributed by atoms with Crippen molar-refractivity contribution in [3.05, 3.63) is 60.8 Å². The summed E-state index contributed by atoms with van der Waals surface area (Å²) >= 11 is 0. The Balaban J connectivity index is 2.55. The molecule has 3 unspecified atom stereocenters. The van der Waals surface area contributed by atoms with Gasteiger partial charge in [-0.05, 0) is 25.7 Å². The van der Waals surface area contributed by atoms with Crippen molar-refractivity contribution in [1.82, 2.24) is 0 Å². The topological polar surface area (TPSA) is 152 Å². The highest BCUT2D eigenvalue weighted by atomic mass is 16.7. The summed E-state index contributed by atoms with van der Waals surface area (Å²) in [4.78, 5) is 24.9. The highest BCUT2D eigenvalue weighted by molar-refractivity contribution is 5.70. The van der Waals surface area contributed by atoms with Crippen molar-refractivity contribution in [2.24, 2.45) is 0 Å². The second-order valence-corrected chi connectivity index (χ2v) is 11.0. The minimum atomic E-state index is -1.61. The molecule has 0 spiro atoms. The van der Waals surface area contributed by atoms with E-state index in [0.29, 0.717) is 19.3 Å². The molecule has 1 heterocycles. The Bertz CT molecular complexity index is 923. The van der Waals surface area contributed by atoms with E-state index in [1.807, 2.05) is 54.7 Å². The third-order valence-corrected chi connectivity index (χ3v) is 7.04. The van der Waals surface area contributed by atoms with E-state index in [9.17, 15) is 30.0 Å². The predicted octanol–water partition coefficient (Wildman–Crippen LogP) is 4.76. The molecule has 4 N–H and O–H groups in total. The first-order valence-corrected chi connectivity index (χ1v) is 16.4. The molecule has 1 fully saturated rings. The van der Waals surface area contributed by atoms with Gasteiger partial charge in [-0.15, -0.1) is 0 Å². The number of esters is 2. The summed E-state index contributed by atoms with van der Waals surface area (Å²) in [6.45, 7) is 3.09. The van der Waals surface area contributed by atoms with Crippen LogP contribution in [0, 0.1) is 0 Å². The van der Waals surface area contributed by atoms with Crippen LogP contribution in [-0.2, 0) is 28.5 Å². The lowest BCUT2D eigenvalue weighted by Gasteiger charge is -2.39. The highest BCUT2D eigenvalue weighted by Crippen LogP contribution is 2.22. The number of allylic oxidation sites excluding steroid dienone is 10. The van der Waals surface area contributed by atoms with E-state index in [1.54, 1.807) is 0 Å². The molecule has 6 atom stereocenters. The number of carbonyl (C=O) groups excluding carboxylic acids is 2. The molecule has 1 aliphatic heterocycles. The third-order valence-electron chi connectivity index (χ3n) is 7.04. The zero-order valence-corrected chi connectivity index (χ0v) is 27.1. The number of unbranched alkanes of at least 4 members (excludes halogenated alkanes) is 7. The van der Waals surface area contributed by atoms with Crippen LogP contribution in [-0.4, -0.2) is 89.0 Å². The Hall–Kier alpha value is -2.60. The third kappa shape index (κ3) is 19.5. The number of hydrogen-bond acceptors (Lipinski definition) is 10. The SMILES string of the molecule is CC/C=C/C=C/C=C/C=C/C=C/CCCC(=O)OC(COC(=O)CCCCCCCCC)CO[C@H]1O[C@@H](CO)[C@@H](O)C(O)C1O. The first-order valence-electron chi connectivity index (χ1n) is 16.4. The van der Waals surface area contributed by atoms with E-state index < -0.39 is 55.4 Å². The average Bonchev–Trinajstić information content (AvgIpc) is 3.03. The van der Waals surface area contributed by atoms with E-state index in [2.05, 4.69) is 19.9 Å². The quantitative estimate of drug-likeness (QED) is 0.0663. The highest BCUT2D eigenvalue weighted by Gasteiger charge is 2.44. The Morgan fingerprint density at radius 1 is 0.711 bits per heavy atom. The van der Waals surface area contributed by atoms with Crippen LogP contribution < -0.4 is 0 Å². The molecule has 0 amide bonds. The molecule has 10 heteroatoms. The molecule has 1 saturated heterocycles. The summed E-state index contributed by atoms with van der Waals surface area (Å²) in [5, 5.41) is 39.7. The Morgan fingerprint density at radius 2 is 1.31 bits per heavy atom. The van der Waals surface area contributed by atoms with Crippen molar-refractivity contribution in [3.8, 4) is 0 Å². The Labute approximate surface area is 269 Å². The Morgan fingerprint density at radius 3 is 1.96 bits per heavy atom. The number of carbonyl (C=O) groups is 2.